The summed E-state index contributed by atoms with van der Waals surface area (Å²) in [7, 11) is 0. The number of nitrogens with zero attached hydrogens (tertiary/aromatic N) is 2. The largest absolute Gasteiger partial charge is 0.336 e. The monoisotopic (exact) mass is 366 g/mol. The minimum atomic E-state index is -0.378. The second kappa shape index (κ2) is 7.24. The van der Waals surface area contributed by atoms with Gasteiger partial charge in [-0.15, -0.1) is 0 Å². The van der Waals surface area contributed by atoms with Crippen molar-refractivity contribution in [3.05, 3.63) is 59.4 Å². The predicted molar refractivity (Wildman–Crippen MR) is 102 cm³/mol. The van der Waals surface area contributed by atoms with Gasteiger partial charge in [0.25, 0.3) is 5.91 Å². The summed E-state index contributed by atoms with van der Waals surface area (Å²) in [5.41, 5.74) is 2.13. The fourth-order valence-corrected chi connectivity index (χ4v) is 4.12. The quantitative estimate of drug-likeness (QED) is 0.779. The highest BCUT2D eigenvalue weighted by atomic mass is 19.1. The zero-order chi connectivity index (χ0) is 19.0. The lowest BCUT2D eigenvalue weighted by molar-refractivity contribution is 0.0571. The van der Waals surface area contributed by atoms with E-state index in [2.05, 4.69) is 4.90 Å². The summed E-state index contributed by atoms with van der Waals surface area (Å²) in [6.45, 7) is 5.09. The van der Waals surface area contributed by atoms with Gasteiger partial charge in [0.05, 0.1) is 0 Å². The van der Waals surface area contributed by atoms with Crippen LogP contribution in [0, 0.1) is 5.82 Å². The predicted octanol–water partition coefficient (Wildman–Crippen LogP) is 3.62. The first kappa shape index (κ1) is 17.9. The number of amides is 1. The van der Waals surface area contributed by atoms with Crippen LogP contribution < -0.4 is 0 Å². The molecule has 2 aromatic rings. The van der Waals surface area contributed by atoms with Crippen LogP contribution in [0.15, 0.2) is 42.5 Å². The van der Waals surface area contributed by atoms with E-state index in [0.29, 0.717) is 28.3 Å². The molecule has 0 aliphatic carbocycles. The highest BCUT2D eigenvalue weighted by Crippen LogP contribution is 2.26. The molecular formula is C22H23FN2O2. The van der Waals surface area contributed by atoms with Crippen molar-refractivity contribution in [3.63, 3.8) is 0 Å². The molecule has 2 saturated heterocycles. The van der Waals surface area contributed by atoms with Gasteiger partial charge in [-0.25, -0.2) is 4.39 Å². The molecule has 0 bridgehead atoms. The zero-order valence-electron chi connectivity index (χ0n) is 15.5. The first-order valence-electron chi connectivity index (χ1n) is 9.47. The molecule has 0 saturated carbocycles. The number of Topliss-reactive ketones (excluding diaryl/α,β-unsaturated/α-hetero) is 1. The van der Waals surface area contributed by atoms with Crippen molar-refractivity contribution >= 4 is 11.7 Å². The lowest BCUT2D eigenvalue weighted by atomic mass is 9.99. The van der Waals surface area contributed by atoms with E-state index in [-0.39, 0.29) is 17.5 Å². The highest BCUT2D eigenvalue weighted by Gasteiger charge is 2.32. The van der Waals surface area contributed by atoms with Gasteiger partial charge in [0.1, 0.15) is 5.82 Å². The number of halogens is 1. The summed E-state index contributed by atoms with van der Waals surface area (Å²) in [5, 5.41) is 0. The van der Waals surface area contributed by atoms with Gasteiger partial charge in [-0.2, -0.15) is 0 Å². The number of fused-ring (bicyclic) bond motifs is 1. The van der Waals surface area contributed by atoms with Gasteiger partial charge in [-0.3, -0.25) is 14.5 Å². The summed E-state index contributed by atoms with van der Waals surface area (Å²) in [4.78, 5) is 28.8. The molecule has 140 valence electrons. The Morgan fingerprint density at radius 3 is 2.48 bits per heavy atom. The molecule has 0 aromatic heterocycles. The van der Waals surface area contributed by atoms with Gasteiger partial charge < -0.3 is 4.90 Å². The Bertz CT molecular complexity index is 878. The van der Waals surface area contributed by atoms with Crippen molar-refractivity contribution in [1.29, 1.82) is 0 Å². The summed E-state index contributed by atoms with van der Waals surface area (Å²) in [5.74, 6) is -0.448. The first-order chi connectivity index (χ1) is 13.0. The van der Waals surface area contributed by atoms with Crippen LogP contribution >= 0.6 is 0 Å². The molecule has 2 fully saturated rings. The van der Waals surface area contributed by atoms with Crippen molar-refractivity contribution in [2.75, 3.05) is 26.2 Å². The average molecular weight is 366 g/mol. The van der Waals surface area contributed by atoms with Gasteiger partial charge in [0, 0.05) is 42.4 Å². The molecule has 2 aromatic carbocycles. The first-order valence-corrected chi connectivity index (χ1v) is 9.47. The molecule has 1 amide bonds. The topological polar surface area (TPSA) is 40.6 Å². The number of hydrogen-bond donors (Lipinski definition) is 0. The van der Waals surface area contributed by atoms with Crippen molar-refractivity contribution in [1.82, 2.24) is 9.80 Å². The third-order valence-electron chi connectivity index (χ3n) is 5.69. The molecule has 1 atom stereocenters. The summed E-state index contributed by atoms with van der Waals surface area (Å²) in [6.07, 6.45) is 2.38. The normalized spacial score (nSPS) is 19.8. The van der Waals surface area contributed by atoms with E-state index in [0.717, 1.165) is 32.6 Å². The molecule has 0 N–H and O–H groups in total. The maximum atomic E-state index is 14.2. The van der Waals surface area contributed by atoms with Gasteiger partial charge in [0.15, 0.2) is 5.78 Å². The van der Waals surface area contributed by atoms with Gasteiger partial charge in [-0.1, -0.05) is 12.1 Å². The number of benzene rings is 2. The Kier molecular flexibility index (Phi) is 4.79. The maximum Gasteiger partial charge on any atom is 0.253 e. The van der Waals surface area contributed by atoms with E-state index in [9.17, 15) is 14.0 Å². The fraction of sp³-hybridized carbons (Fsp3) is 0.364. The van der Waals surface area contributed by atoms with Crippen molar-refractivity contribution < 1.29 is 14.0 Å². The minimum Gasteiger partial charge on any atom is -0.336 e. The molecule has 2 heterocycles. The molecule has 2 aliphatic rings. The average Bonchev–Trinajstić information content (AvgIpc) is 3.15. The summed E-state index contributed by atoms with van der Waals surface area (Å²) >= 11 is 0. The summed E-state index contributed by atoms with van der Waals surface area (Å²) < 4.78 is 14.2. The number of carbonyl (C=O) groups is 2. The van der Waals surface area contributed by atoms with Crippen molar-refractivity contribution in [2.45, 2.75) is 25.8 Å². The maximum absolute atomic E-state index is 14.2. The van der Waals surface area contributed by atoms with Crippen LogP contribution in [0.3, 0.4) is 0 Å². The Labute approximate surface area is 158 Å². The molecule has 0 spiro atoms. The van der Waals surface area contributed by atoms with Gasteiger partial charge >= 0.3 is 0 Å². The lowest BCUT2D eigenvalue weighted by Crippen LogP contribution is -2.52. The van der Waals surface area contributed by atoms with Gasteiger partial charge in [0.2, 0.25) is 0 Å². The number of rotatable bonds is 3. The molecular weight excluding hydrogens is 343 g/mol. The van der Waals surface area contributed by atoms with Crippen molar-refractivity contribution in [3.8, 4) is 11.1 Å². The molecule has 4 nitrogen and oxygen atoms in total. The molecule has 5 heteroatoms. The summed E-state index contributed by atoms with van der Waals surface area (Å²) in [6, 6.07) is 11.9. The van der Waals surface area contributed by atoms with Crippen LogP contribution in [0.25, 0.3) is 11.1 Å². The SMILES string of the molecule is CC(=O)c1ccc(F)c(-c2ccc(C(=O)N3CCN4CCC[C@H]4C3)cc2)c1. The van der Waals surface area contributed by atoms with E-state index in [4.69, 9.17) is 0 Å². The van der Waals surface area contributed by atoms with Crippen LogP contribution in [0.1, 0.15) is 40.5 Å². The number of piperazine rings is 1. The van der Waals surface area contributed by atoms with Crippen LogP contribution in [-0.2, 0) is 0 Å². The van der Waals surface area contributed by atoms with Crippen LogP contribution in [0.2, 0.25) is 0 Å². The Hall–Kier alpha value is -2.53. The smallest absolute Gasteiger partial charge is 0.253 e. The van der Waals surface area contributed by atoms with E-state index < -0.39 is 0 Å². The minimum absolute atomic E-state index is 0.0334. The zero-order valence-corrected chi connectivity index (χ0v) is 15.5. The Balaban J connectivity index is 1.53. The van der Waals surface area contributed by atoms with Gasteiger partial charge in [-0.05, 0) is 62.2 Å². The molecule has 4 rings (SSSR count). The van der Waals surface area contributed by atoms with E-state index in [1.165, 1.54) is 25.5 Å². The van der Waals surface area contributed by atoms with Crippen LogP contribution in [0.5, 0.6) is 0 Å². The number of carbonyl (C=O) groups excluding carboxylic acids is 2. The number of hydrogen-bond acceptors (Lipinski definition) is 3. The van der Waals surface area contributed by atoms with Crippen molar-refractivity contribution in [2.24, 2.45) is 0 Å². The second-order valence-electron chi connectivity index (χ2n) is 7.41. The third kappa shape index (κ3) is 3.52. The second-order valence-corrected chi connectivity index (χ2v) is 7.41. The standard InChI is InChI=1S/C22H23FN2O2/c1-15(26)18-8-9-21(23)20(13-18)16-4-6-17(7-5-16)22(27)25-12-11-24-10-2-3-19(24)14-25/h4-9,13,19H,2-3,10-12,14H2,1H3/t19-/m0/s1. The van der Waals surface area contributed by atoms with E-state index in [1.807, 2.05) is 4.90 Å². The third-order valence-corrected chi connectivity index (χ3v) is 5.69. The molecule has 27 heavy (non-hydrogen) atoms. The van der Waals surface area contributed by atoms with Crippen LogP contribution in [-0.4, -0.2) is 53.7 Å². The Morgan fingerprint density at radius 2 is 1.74 bits per heavy atom. The Morgan fingerprint density at radius 1 is 1.00 bits per heavy atom. The lowest BCUT2D eigenvalue weighted by Gasteiger charge is -2.37. The van der Waals surface area contributed by atoms with E-state index >= 15 is 0 Å². The number of ketones is 1. The molecule has 0 radical (unpaired) electrons. The fourth-order valence-electron chi connectivity index (χ4n) is 4.12. The van der Waals surface area contributed by atoms with E-state index in [1.54, 1.807) is 30.3 Å². The molecule has 2 aliphatic heterocycles. The van der Waals surface area contributed by atoms with Crippen LogP contribution in [0.4, 0.5) is 4.39 Å². The highest BCUT2D eigenvalue weighted by molar-refractivity contribution is 5.96. The molecule has 0 unspecified atom stereocenters.